The van der Waals surface area contributed by atoms with E-state index in [4.69, 9.17) is 20.2 Å². The van der Waals surface area contributed by atoms with Crippen molar-refractivity contribution in [2.75, 3.05) is 25.4 Å². The Morgan fingerprint density at radius 2 is 2.03 bits per heavy atom. The quantitative estimate of drug-likeness (QED) is 0.214. The molecule has 1 aromatic carbocycles. The van der Waals surface area contributed by atoms with Gasteiger partial charge in [-0.15, -0.1) is 0 Å². The first kappa shape index (κ1) is 26.3. The summed E-state index contributed by atoms with van der Waals surface area (Å²) in [4.78, 5) is 22.8. The highest BCUT2D eigenvalue weighted by molar-refractivity contribution is 5.81. The zero-order valence-corrected chi connectivity index (χ0v) is 22.0. The lowest BCUT2D eigenvalue weighted by Crippen LogP contribution is -2.43. The predicted molar refractivity (Wildman–Crippen MR) is 143 cm³/mol. The van der Waals surface area contributed by atoms with E-state index in [0.717, 1.165) is 48.4 Å². The molecule has 0 spiro atoms. The topological polar surface area (TPSA) is 160 Å². The maximum atomic E-state index is 10.8. The third-order valence-electron chi connectivity index (χ3n) is 7.07. The van der Waals surface area contributed by atoms with Gasteiger partial charge in [0.25, 0.3) is 0 Å². The average molecular weight is 525 g/mol. The van der Waals surface area contributed by atoms with Crippen LogP contribution in [-0.2, 0) is 11.2 Å². The summed E-state index contributed by atoms with van der Waals surface area (Å²) in [6.45, 7) is 8.15. The van der Waals surface area contributed by atoms with Crippen LogP contribution in [0, 0.1) is 0 Å². The molecule has 4 aromatic rings. The zero-order valence-electron chi connectivity index (χ0n) is 22.0. The fourth-order valence-corrected chi connectivity index (χ4v) is 4.98. The van der Waals surface area contributed by atoms with Crippen LogP contribution in [0.2, 0.25) is 0 Å². The first-order chi connectivity index (χ1) is 18.4. The van der Waals surface area contributed by atoms with Crippen LogP contribution in [0.25, 0.3) is 22.2 Å². The molecule has 0 saturated carbocycles. The molecule has 4 atom stereocenters. The number of ether oxygens (including phenoxy) is 2. The first-order valence-corrected chi connectivity index (χ1v) is 13.2. The van der Waals surface area contributed by atoms with E-state index >= 15 is 0 Å². The number of imidazole rings is 2. The van der Waals surface area contributed by atoms with E-state index in [0.29, 0.717) is 24.3 Å². The van der Waals surface area contributed by atoms with Gasteiger partial charge in [-0.2, -0.15) is 0 Å². The van der Waals surface area contributed by atoms with Gasteiger partial charge < -0.3 is 30.4 Å². The van der Waals surface area contributed by atoms with Crippen LogP contribution in [0.4, 0.5) is 5.82 Å². The Morgan fingerprint density at radius 1 is 1.18 bits per heavy atom. The van der Waals surface area contributed by atoms with Gasteiger partial charge >= 0.3 is 0 Å². The summed E-state index contributed by atoms with van der Waals surface area (Å²) >= 11 is 0. The number of nitrogen functional groups attached to an aromatic ring is 1. The highest BCUT2D eigenvalue weighted by atomic mass is 16.6. The molecule has 0 radical (unpaired) electrons. The van der Waals surface area contributed by atoms with E-state index in [2.05, 4.69) is 38.7 Å². The number of aliphatic hydroxyl groups excluding tert-OH is 2. The maximum Gasteiger partial charge on any atom is 0.167 e. The Morgan fingerprint density at radius 3 is 2.82 bits per heavy atom. The van der Waals surface area contributed by atoms with Crippen molar-refractivity contribution in [2.24, 2.45) is 0 Å². The van der Waals surface area contributed by atoms with Crippen molar-refractivity contribution in [1.82, 2.24) is 34.4 Å². The molecule has 1 fully saturated rings. The second-order valence-electron chi connectivity index (χ2n) is 9.97. The van der Waals surface area contributed by atoms with Crippen LogP contribution in [0.5, 0.6) is 5.75 Å². The molecular formula is C26H36N8O4. The Kier molecular flexibility index (Phi) is 7.75. The van der Waals surface area contributed by atoms with Crippen molar-refractivity contribution in [3.05, 3.63) is 36.7 Å². The van der Waals surface area contributed by atoms with E-state index in [-0.39, 0.29) is 11.9 Å². The predicted octanol–water partition coefficient (Wildman–Crippen LogP) is 2.04. The van der Waals surface area contributed by atoms with Crippen molar-refractivity contribution in [2.45, 2.75) is 70.6 Å². The molecule has 12 nitrogen and oxygen atoms in total. The van der Waals surface area contributed by atoms with Gasteiger partial charge in [0.2, 0.25) is 0 Å². The molecule has 12 heteroatoms. The number of hydrogen-bond donors (Lipinski definition) is 4. The molecule has 5 rings (SSSR count). The van der Waals surface area contributed by atoms with Crippen molar-refractivity contribution in [3.63, 3.8) is 0 Å². The number of aryl methyl sites for hydroxylation is 1. The number of rotatable bonds is 11. The molecule has 204 valence electrons. The van der Waals surface area contributed by atoms with Crippen LogP contribution in [-0.4, -0.2) is 88.7 Å². The SMILES string of the molecule is CCOc1ccc2nc(CCCCN(CC3OC(n4cnc5c(N)ncnc54)C(O)C3O)C(C)C)[nH]c2c1. The number of nitrogens with two attached hydrogens (primary N) is 1. The highest BCUT2D eigenvalue weighted by Crippen LogP contribution is 2.32. The summed E-state index contributed by atoms with van der Waals surface area (Å²) in [6.07, 6.45) is 2.05. The smallest absolute Gasteiger partial charge is 0.167 e. The van der Waals surface area contributed by atoms with Gasteiger partial charge in [0.1, 0.15) is 41.7 Å². The van der Waals surface area contributed by atoms with Gasteiger partial charge in [0, 0.05) is 25.1 Å². The average Bonchev–Trinajstić information content (AvgIpc) is 3.58. The molecule has 1 saturated heterocycles. The fourth-order valence-electron chi connectivity index (χ4n) is 4.98. The molecule has 0 aliphatic carbocycles. The number of fused-ring (bicyclic) bond motifs is 2. The monoisotopic (exact) mass is 524 g/mol. The van der Waals surface area contributed by atoms with Gasteiger partial charge in [-0.3, -0.25) is 9.47 Å². The number of nitrogens with zero attached hydrogens (tertiary/aromatic N) is 6. The second-order valence-corrected chi connectivity index (χ2v) is 9.97. The third kappa shape index (κ3) is 5.30. The number of unbranched alkanes of at least 4 members (excludes halogenated alkanes) is 1. The minimum absolute atomic E-state index is 0.242. The van der Waals surface area contributed by atoms with E-state index in [1.807, 2.05) is 25.1 Å². The lowest BCUT2D eigenvalue weighted by Gasteiger charge is -2.30. The van der Waals surface area contributed by atoms with Gasteiger partial charge in [0.15, 0.2) is 17.7 Å². The Bertz CT molecular complexity index is 1370. The van der Waals surface area contributed by atoms with E-state index < -0.39 is 24.5 Å². The zero-order chi connectivity index (χ0) is 26.8. The number of benzene rings is 1. The lowest BCUT2D eigenvalue weighted by atomic mass is 10.1. The third-order valence-corrected chi connectivity index (χ3v) is 7.07. The molecule has 4 unspecified atom stereocenters. The van der Waals surface area contributed by atoms with Crippen LogP contribution in [0.15, 0.2) is 30.9 Å². The van der Waals surface area contributed by atoms with E-state index in [1.165, 1.54) is 12.7 Å². The van der Waals surface area contributed by atoms with Crippen molar-refractivity contribution < 1.29 is 19.7 Å². The minimum Gasteiger partial charge on any atom is -0.494 e. The number of aromatic amines is 1. The fraction of sp³-hybridized carbons (Fsp3) is 0.538. The molecule has 4 heterocycles. The van der Waals surface area contributed by atoms with Crippen LogP contribution >= 0.6 is 0 Å². The standard InChI is InChI=1S/C26H36N8O4/c1-4-37-16-8-9-17-18(11-16)32-20(31-17)7-5-6-10-33(15(2)3)12-19-22(35)23(36)26(38-19)34-14-30-21-24(27)28-13-29-25(21)34/h8-9,11,13-15,19,22-23,26,35-36H,4-7,10,12H2,1-3H3,(H,31,32)(H2,27,28,29). The minimum atomic E-state index is -1.13. The molecular weight excluding hydrogens is 488 g/mol. The molecule has 3 aromatic heterocycles. The maximum absolute atomic E-state index is 10.8. The second kappa shape index (κ2) is 11.2. The van der Waals surface area contributed by atoms with E-state index in [9.17, 15) is 10.2 Å². The summed E-state index contributed by atoms with van der Waals surface area (Å²) in [5.41, 5.74) is 8.70. The van der Waals surface area contributed by atoms with Crippen molar-refractivity contribution in [3.8, 4) is 5.75 Å². The lowest BCUT2D eigenvalue weighted by molar-refractivity contribution is -0.0469. The Hall–Kier alpha value is -3.32. The normalized spacial score (nSPS) is 21.9. The largest absolute Gasteiger partial charge is 0.494 e. The molecule has 0 amide bonds. The van der Waals surface area contributed by atoms with Gasteiger partial charge in [-0.25, -0.2) is 19.9 Å². The van der Waals surface area contributed by atoms with Crippen molar-refractivity contribution >= 4 is 28.0 Å². The highest BCUT2D eigenvalue weighted by Gasteiger charge is 2.45. The summed E-state index contributed by atoms with van der Waals surface area (Å²) in [5.74, 6) is 2.05. The summed E-state index contributed by atoms with van der Waals surface area (Å²) in [5, 5.41) is 21.6. The Balaban J connectivity index is 1.17. The molecule has 1 aliphatic rings. The number of aliphatic hydroxyl groups is 2. The molecule has 38 heavy (non-hydrogen) atoms. The van der Waals surface area contributed by atoms with Crippen LogP contribution in [0.3, 0.4) is 0 Å². The number of aromatic nitrogens is 6. The van der Waals surface area contributed by atoms with Gasteiger partial charge in [-0.1, -0.05) is 0 Å². The number of H-pyrrole nitrogens is 1. The molecule has 5 N–H and O–H groups in total. The summed E-state index contributed by atoms with van der Waals surface area (Å²) < 4.78 is 13.3. The number of nitrogens with one attached hydrogen (secondary N) is 1. The first-order valence-electron chi connectivity index (χ1n) is 13.2. The van der Waals surface area contributed by atoms with E-state index in [1.54, 1.807) is 4.57 Å². The van der Waals surface area contributed by atoms with Gasteiger partial charge in [0.05, 0.1) is 24.0 Å². The summed E-state index contributed by atoms with van der Waals surface area (Å²) in [7, 11) is 0. The van der Waals surface area contributed by atoms with Crippen LogP contribution < -0.4 is 10.5 Å². The van der Waals surface area contributed by atoms with Crippen molar-refractivity contribution in [1.29, 1.82) is 0 Å². The van der Waals surface area contributed by atoms with Gasteiger partial charge in [-0.05, 0) is 52.3 Å². The summed E-state index contributed by atoms with van der Waals surface area (Å²) in [6, 6.07) is 6.14. The Labute approximate surface area is 220 Å². The number of hydrogen-bond acceptors (Lipinski definition) is 10. The van der Waals surface area contributed by atoms with Crippen LogP contribution in [0.1, 0.15) is 45.7 Å². The number of anilines is 1. The molecule has 0 bridgehead atoms. The molecule has 1 aliphatic heterocycles.